The van der Waals surface area contributed by atoms with E-state index in [1.165, 1.54) is 23.5 Å². The fourth-order valence-electron chi connectivity index (χ4n) is 2.70. The van der Waals surface area contributed by atoms with E-state index in [1.807, 2.05) is 0 Å². The van der Waals surface area contributed by atoms with Crippen molar-refractivity contribution >= 4 is 33.2 Å². The van der Waals surface area contributed by atoms with Crippen molar-refractivity contribution in [2.24, 2.45) is 0 Å². The van der Waals surface area contributed by atoms with Gasteiger partial charge < -0.3 is 9.47 Å². The maximum atomic E-state index is 12.9. The van der Waals surface area contributed by atoms with Crippen LogP contribution in [-0.2, 0) is 14.8 Å². The van der Waals surface area contributed by atoms with Gasteiger partial charge in [0.2, 0.25) is 10.0 Å². The van der Waals surface area contributed by atoms with Gasteiger partial charge in [0.05, 0.1) is 24.7 Å². The summed E-state index contributed by atoms with van der Waals surface area (Å²) in [5, 5.41) is 0.975. The van der Waals surface area contributed by atoms with Crippen molar-refractivity contribution < 1.29 is 17.9 Å². The molecular weight excluding hydrogens is 385 g/mol. The molecule has 1 heterocycles. The molecule has 5 nitrogen and oxygen atoms in total. The van der Waals surface area contributed by atoms with Crippen molar-refractivity contribution in [3.05, 3.63) is 58.1 Å². The molecule has 0 aromatic heterocycles. The Hall–Kier alpha value is -1.31. The van der Waals surface area contributed by atoms with Gasteiger partial charge in [0.15, 0.2) is 0 Å². The fraction of sp³-hybridized carbons (Fsp3) is 0.294. The average molecular weight is 402 g/mol. The second-order valence-electron chi connectivity index (χ2n) is 5.60. The molecule has 0 bridgehead atoms. The SMILES string of the molecule is COc1ccc(S(=O)(=O)N2CCOC(c3cc(Cl)cc(Cl)c3)C2)cc1. The highest BCUT2D eigenvalue weighted by molar-refractivity contribution is 7.89. The Morgan fingerprint density at radius 1 is 1.12 bits per heavy atom. The van der Waals surface area contributed by atoms with E-state index in [1.54, 1.807) is 30.3 Å². The zero-order valence-electron chi connectivity index (χ0n) is 13.5. The molecule has 0 spiro atoms. The number of halogens is 2. The summed E-state index contributed by atoms with van der Waals surface area (Å²) in [5.41, 5.74) is 0.757. The van der Waals surface area contributed by atoms with E-state index in [2.05, 4.69) is 0 Å². The Labute approximate surface area is 157 Å². The Balaban J connectivity index is 1.84. The van der Waals surface area contributed by atoms with Crippen LogP contribution in [0, 0.1) is 0 Å². The van der Waals surface area contributed by atoms with E-state index in [0.29, 0.717) is 28.9 Å². The van der Waals surface area contributed by atoms with Crippen LogP contribution in [-0.4, -0.2) is 39.5 Å². The van der Waals surface area contributed by atoms with Crippen LogP contribution < -0.4 is 4.74 Å². The summed E-state index contributed by atoms with van der Waals surface area (Å²) >= 11 is 12.1. The molecule has 2 aromatic rings. The molecule has 0 aliphatic carbocycles. The molecule has 0 N–H and O–H groups in total. The van der Waals surface area contributed by atoms with Gasteiger partial charge in [0.1, 0.15) is 5.75 Å². The second-order valence-corrected chi connectivity index (χ2v) is 8.41. The topological polar surface area (TPSA) is 55.8 Å². The lowest BCUT2D eigenvalue weighted by atomic mass is 10.1. The first-order valence-corrected chi connectivity index (χ1v) is 9.81. The third-order valence-corrected chi connectivity index (χ3v) is 6.30. The Kier molecular flexibility index (Phi) is 5.55. The number of benzene rings is 2. The van der Waals surface area contributed by atoms with Gasteiger partial charge in [-0.05, 0) is 48.0 Å². The highest BCUT2D eigenvalue weighted by Gasteiger charge is 2.31. The highest BCUT2D eigenvalue weighted by Crippen LogP contribution is 2.30. The molecule has 1 aliphatic rings. The molecule has 0 amide bonds. The first kappa shape index (κ1) is 18.5. The maximum Gasteiger partial charge on any atom is 0.243 e. The molecule has 134 valence electrons. The summed E-state index contributed by atoms with van der Waals surface area (Å²) in [4.78, 5) is 0.220. The van der Waals surface area contributed by atoms with Gasteiger partial charge in [-0.25, -0.2) is 8.42 Å². The van der Waals surface area contributed by atoms with E-state index < -0.39 is 16.1 Å². The quantitative estimate of drug-likeness (QED) is 0.782. The van der Waals surface area contributed by atoms with Gasteiger partial charge in [-0.2, -0.15) is 4.31 Å². The largest absolute Gasteiger partial charge is 0.497 e. The van der Waals surface area contributed by atoms with Crippen molar-refractivity contribution in [2.45, 2.75) is 11.0 Å². The van der Waals surface area contributed by atoms with Crippen LogP contribution >= 0.6 is 23.2 Å². The van der Waals surface area contributed by atoms with E-state index in [0.717, 1.165) is 5.56 Å². The van der Waals surface area contributed by atoms with E-state index in [-0.39, 0.29) is 11.4 Å². The molecule has 1 fully saturated rings. The third-order valence-electron chi connectivity index (χ3n) is 3.98. The van der Waals surface area contributed by atoms with Crippen molar-refractivity contribution in [3.8, 4) is 5.75 Å². The normalized spacial score (nSPS) is 18.9. The fourth-order valence-corrected chi connectivity index (χ4v) is 4.67. The zero-order valence-corrected chi connectivity index (χ0v) is 15.8. The van der Waals surface area contributed by atoms with Gasteiger partial charge in [-0.1, -0.05) is 23.2 Å². The summed E-state index contributed by atoms with van der Waals surface area (Å²) in [6.07, 6.45) is -0.419. The number of methoxy groups -OCH3 is 1. The summed E-state index contributed by atoms with van der Waals surface area (Å²) in [7, 11) is -2.08. The van der Waals surface area contributed by atoms with Gasteiger partial charge in [-0.3, -0.25) is 0 Å². The molecule has 1 atom stereocenters. The zero-order chi connectivity index (χ0) is 18.0. The molecule has 1 saturated heterocycles. The van der Waals surface area contributed by atoms with E-state index in [9.17, 15) is 8.42 Å². The maximum absolute atomic E-state index is 12.9. The lowest BCUT2D eigenvalue weighted by Crippen LogP contribution is -2.42. The Morgan fingerprint density at radius 3 is 2.36 bits per heavy atom. The Bertz CT molecular complexity index is 835. The van der Waals surface area contributed by atoms with Crippen molar-refractivity contribution in [3.63, 3.8) is 0 Å². The number of ether oxygens (including phenoxy) is 2. The van der Waals surface area contributed by atoms with Gasteiger partial charge in [-0.15, -0.1) is 0 Å². The monoisotopic (exact) mass is 401 g/mol. The number of hydrogen-bond donors (Lipinski definition) is 0. The smallest absolute Gasteiger partial charge is 0.243 e. The van der Waals surface area contributed by atoms with Crippen LogP contribution in [0.1, 0.15) is 11.7 Å². The predicted octanol–water partition coefficient (Wildman–Crippen LogP) is 3.76. The van der Waals surface area contributed by atoms with E-state index >= 15 is 0 Å². The van der Waals surface area contributed by atoms with Gasteiger partial charge in [0, 0.05) is 23.1 Å². The standard InChI is InChI=1S/C17H17Cl2NO4S/c1-23-15-2-4-16(5-3-15)25(21,22)20-6-7-24-17(11-20)12-8-13(18)10-14(19)9-12/h2-5,8-10,17H,6-7,11H2,1H3. The minimum atomic E-state index is -3.62. The minimum absolute atomic E-state index is 0.199. The van der Waals surface area contributed by atoms with Crippen LogP contribution in [0.3, 0.4) is 0 Å². The van der Waals surface area contributed by atoms with Crippen LogP contribution in [0.4, 0.5) is 0 Å². The lowest BCUT2D eigenvalue weighted by Gasteiger charge is -2.32. The lowest BCUT2D eigenvalue weighted by molar-refractivity contribution is -0.00254. The minimum Gasteiger partial charge on any atom is -0.497 e. The molecule has 0 radical (unpaired) electrons. The number of nitrogens with zero attached hydrogens (tertiary/aromatic N) is 1. The number of hydrogen-bond acceptors (Lipinski definition) is 4. The van der Waals surface area contributed by atoms with E-state index in [4.69, 9.17) is 32.7 Å². The second kappa shape index (κ2) is 7.51. The molecule has 8 heteroatoms. The van der Waals surface area contributed by atoms with Crippen molar-refractivity contribution in [2.75, 3.05) is 26.8 Å². The van der Waals surface area contributed by atoms with Crippen LogP contribution in [0.5, 0.6) is 5.75 Å². The summed E-state index contributed by atoms with van der Waals surface area (Å²) in [6, 6.07) is 11.4. The first-order chi connectivity index (χ1) is 11.9. The molecule has 25 heavy (non-hydrogen) atoms. The molecule has 1 unspecified atom stereocenters. The summed E-state index contributed by atoms with van der Waals surface area (Å²) < 4.78 is 38.0. The number of morpholine rings is 1. The molecule has 0 saturated carbocycles. The first-order valence-electron chi connectivity index (χ1n) is 7.62. The average Bonchev–Trinajstić information content (AvgIpc) is 2.61. The molecular formula is C17H17Cl2NO4S. The summed E-state index contributed by atoms with van der Waals surface area (Å²) in [6.45, 7) is 0.786. The van der Waals surface area contributed by atoms with Gasteiger partial charge in [0.25, 0.3) is 0 Å². The van der Waals surface area contributed by atoms with Crippen molar-refractivity contribution in [1.82, 2.24) is 4.31 Å². The molecule has 2 aromatic carbocycles. The number of rotatable bonds is 4. The van der Waals surface area contributed by atoms with Crippen LogP contribution in [0.15, 0.2) is 47.4 Å². The van der Waals surface area contributed by atoms with Crippen molar-refractivity contribution in [1.29, 1.82) is 0 Å². The molecule has 3 rings (SSSR count). The summed E-state index contributed by atoms with van der Waals surface area (Å²) in [5.74, 6) is 0.604. The third kappa shape index (κ3) is 4.10. The van der Waals surface area contributed by atoms with Gasteiger partial charge >= 0.3 is 0 Å². The Morgan fingerprint density at radius 2 is 1.76 bits per heavy atom. The van der Waals surface area contributed by atoms with Crippen LogP contribution in [0.2, 0.25) is 10.0 Å². The highest BCUT2D eigenvalue weighted by atomic mass is 35.5. The van der Waals surface area contributed by atoms with Crippen LogP contribution in [0.25, 0.3) is 0 Å². The predicted molar refractivity (Wildman–Crippen MR) is 96.9 cm³/mol. The molecule has 1 aliphatic heterocycles. The number of sulfonamides is 1.